The van der Waals surface area contributed by atoms with E-state index in [0.29, 0.717) is 18.9 Å². The maximum atomic E-state index is 12.9. The Kier molecular flexibility index (Phi) is 6.25. The van der Waals surface area contributed by atoms with Gasteiger partial charge < -0.3 is 9.80 Å². The van der Waals surface area contributed by atoms with Crippen molar-refractivity contribution in [2.45, 2.75) is 53.5 Å². The number of fused-ring (bicyclic) bond motifs is 1. The average molecular weight is 395 g/mol. The third kappa shape index (κ3) is 5.34. The lowest BCUT2D eigenvalue weighted by Gasteiger charge is -2.32. The molecule has 1 aromatic carbocycles. The quantitative estimate of drug-likeness (QED) is 0.746. The number of anilines is 1. The van der Waals surface area contributed by atoms with E-state index < -0.39 is 0 Å². The summed E-state index contributed by atoms with van der Waals surface area (Å²) in [5, 5.41) is 0. The summed E-state index contributed by atoms with van der Waals surface area (Å²) in [5.41, 5.74) is 3.41. The molecule has 29 heavy (non-hydrogen) atoms. The first-order valence-electron chi connectivity index (χ1n) is 10.5. The summed E-state index contributed by atoms with van der Waals surface area (Å²) in [6, 6.07) is 10.1. The van der Waals surface area contributed by atoms with Crippen molar-refractivity contribution in [2.75, 3.05) is 25.5 Å². The average Bonchev–Trinajstić information content (AvgIpc) is 2.65. The summed E-state index contributed by atoms with van der Waals surface area (Å²) in [6.45, 7) is 10.2. The van der Waals surface area contributed by atoms with Crippen molar-refractivity contribution in [3.63, 3.8) is 0 Å². The molecule has 0 N–H and O–H groups in total. The molecule has 0 unspecified atom stereocenters. The van der Waals surface area contributed by atoms with E-state index in [-0.39, 0.29) is 11.3 Å². The van der Waals surface area contributed by atoms with Crippen LogP contribution in [0.15, 0.2) is 30.3 Å². The van der Waals surface area contributed by atoms with E-state index in [0.717, 1.165) is 47.8 Å². The van der Waals surface area contributed by atoms with Crippen LogP contribution in [0.3, 0.4) is 0 Å². The van der Waals surface area contributed by atoms with Crippen molar-refractivity contribution in [1.29, 1.82) is 0 Å². The molecule has 0 spiro atoms. The van der Waals surface area contributed by atoms with Crippen molar-refractivity contribution in [3.8, 4) is 11.4 Å². The molecule has 1 aromatic heterocycles. The number of aromatic nitrogens is 2. The molecule has 2 heterocycles. The highest BCUT2D eigenvalue weighted by molar-refractivity contribution is 5.77. The summed E-state index contributed by atoms with van der Waals surface area (Å²) in [5.74, 6) is 2.29. The number of benzene rings is 1. The van der Waals surface area contributed by atoms with Crippen molar-refractivity contribution >= 4 is 11.7 Å². The number of amides is 1. The number of carbonyl (C=O) groups excluding carboxylic acids is 1. The van der Waals surface area contributed by atoms with Gasteiger partial charge in [0, 0.05) is 44.6 Å². The van der Waals surface area contributed by atoms with Crippen LogP contribution in [0.4, 0.5) is 5.82 Å². The second kappa shape index (κ2) is 8.52. The zero-order valence-corrected chi connectivity index (χ0v) is 18.7. The minimum absolute atomic E-state index is 0.240. The molecule has 5 heteroatoms. The molecule has 5 nitrogen and oxygen atoms in total. The standard InChI is InChI=1S/C24H34N4O/c1-17(15-24(2,3)4)14-21(29)28-13-12-20-19(16-28)23(27(5)6)26-22(25-20)18-10-8-7-9-11-18/h7-11,17H,12-16H2,1-6H3/t17-/m1/s1. The van der Waals surface area contributed by atoms with E-state index in [1.54, 1.807) is 0 Å². The van der Waals surface area contributed by atoms with E-state index in [4.69, 9.17) is 9.97 Å². The van der Waals surface area contributed by atoms with E-state index >= 15 is 0 Å². The molecule has 3 rings (SSSR count). The number of hydrogen-bond acceptors (Lipinski definition) is 4. The van der Waals surface area contributed by atoms with Gasteiger partial charge in [-0.15, -0.1) is 0 Å². The predicted octanol–water partition coefficient (Wildman–Crippen LogP) is 4.56. The maximum Gasteiger partial charge on any atom is 0.223 e. The van der Waals surface area contributed by atoms with E-state index in [9.17, 15) is 4.79 Å². The van der Waals surface area contributed by atoms with E-state index in [2.05, 4.69) is 27.7 Å². The first-order valence-corrected chi connectivity index (χ1v) is 10.5. The lowest BCUT2D eigenvalue weighted by atomic mass is 9.84. The number of carbonyl (C=O) groups is 1. The smallest absolute Gasteiger partial charge is 0.223 e. The van der Waals surface area contributed by atoms with Gasteiger partial charge in [-0.05, 0) is 17.8 Å². The van der Waals surface area contributed by atoms with E-state index in [1.807, 2.05) is 54.2 Å². The van der Waals surface area contributed by atoms with Gasteiger partial charge in [-0.2, -0.15) is 0 Å². The molecule has 0 radical (unpaired) electrons. The van der Waals surface area contributed by atoms with Gasteiger partial charge in [0.15, 0.2) is 5.82 Å². The van der Waals surface area contributed by atoms with Crippen LogP contribution in [0.2, 0.25) is 0 Å². The van der Waals surface area contributed by atoms with Crippen LogP contribution in [0, 0.1) is 11.3 Å². The normalized spacial score (nSPS) is 15.0. The molecule has 0 fully saturated rings. The van der Waals surface area contributed by atoms with Crippen LogP contribution in [-0.2, 0) is 17.8 Å². The Labute approximate surface area is 175 Å². The van der Waals surface area contributed by atoms with Crippen molar-refractivity contribution in [3.05, 3.63) is 41.6 Å². The molecule has 0 saturated carbocycles. The largest absolute Gasteiger partial charge is 0.362 e. The molecule has 1 atom stereocenters. The van der Waals surface area contributed by atoms with Crippen LogP contribution >= 0.6 is 0 Å². The van der Waals surface area contributed by atoms with Crippen molar-refractivity contribution in [2.24, 2.45) is 11.3 Å². The number of hydrogen-bond donors (Lipinski definition) is 0. The summed E-state index contributed by atoms with van der Waals surface area (Å²) in [7, 11) is 4.01. The van der Waals surface area contributed by atoms with Gasteiger partial charge in [0.05, 0.1) is 12.2 Å². The lowest BCUT2D eigenvalue weighted by Crippen LogP contribution is -2.38. The predicted molar refractivity (Wildman–Crippen MR) is 119 cm³/mol. The molecule has 1 aliphatic rings. The van der Waals surface area contributed by atoms with Gasteiger partial charge in [-0.3, -0.25) is 4.79 Å². The highest BCUT2D eigenvalue weighted by atomic mass is 16.2. The molecule has 1 amide bonds. The van der Waals surface area contributed by atoms with Gasteiger partial charge in [0.2, 0.25) is 5.91 Å². The Morgan fingerprint density at radius 1 is 1.17 bits per heavy atom. The first-order chi connectivity index (χ1) is 13.6. The Bertz CT molecular complexity index is 855. The summed E-state index contributed by atoms with van der Waals surface area (Å²) in [4.78, 5) is 26.7. The topological polar surface area (TPSA) is 49.3 Å². The minimum atomic E-state index is 0.240. The molecule has 1 aliphatic heterocycles. The van der Waals surface area contributed by atoms with Gasteiger partial charge >= 0.3 is 0 Å². The SMILES string of the molecule is C[C@H](CC(=O)N1CCc2nc(-c3ccccc3)nc(N(C)C)c2C1)CC(C)(C)C. The molecular weight excluding hydrogens is 360 g/mol. The summed E-state index contributed by atoms with van der Waals surface area (Å²) >= 11 is 0. The van der Waals surface area contributed by atoms with Gasteiger partial charge in [0.1, 0.15) is 5.82 Å². The maximum absolute atomic E-state index is 12.9. The molecule has 0 saturated heterocycles. The van der Waals surface area contributed by atoms with Crippen LogP contribution in [0.5, 0.6) is 0 Å². The molecular formula is C24H34N4O. The highest BCUT2D eigenvalue weighted by Gasteiger charge is 2.28. The second-order valence-corrected chi connectivity index (χ2v) is 9.70. The molecule has 2 aromatic rings. The van der Waals surface area contributed by atoms with Gasteiger partial charge in [-0.1, -0.05) is 58.0 Å². The van der Waals surface area contributed by atoms with Crippen LogP contribution < -0.4 is 4.90 Å². The first kappa shape index (κ1) is 21.3. The Hall–Kier alpha value is -2.43. The Morgan fingerprint density at radius 2 is 1.86 bits per heavy atom. The van der Waals surface area contributed by atoms with Gasteiger partial charge in [-0.25, -0.2) is 9.97 Å². The Morgan fingerprint density at radius 3 is 2.48 bits per heavy atom. The summed E-state index contributed by atoms with van der Waals surface area (Å²) < 4.78 is 0. The third-order valence-electron chi connectivity index (χ3n) is 5.33. The zero-order valence-electron chi connectivity index (χ0n) is 18.7. The molecule has 0 aliphatic carbocycles. The fourth-order valence-corrected chi connectivity index (χ4v) is 4.24. The summed E-state index contributed by atoms with van der Waals surface area (Å²) in [6.07, 6.45) is 2.43. The number of rotatable bonds is 5. The van der Waals surface area contributed by atoms with E-state index in [1.165, 1.54) is 0 Å². The molecule has 0 bridgehead atoms. The zero-order chi connectivity index (χ0) is 21.2. The van der Waals surface area contributed by atoms with Crippen molar-refractivity contribution in [1.82, 2.24) is 14.9 Å². The van der Waals surface area contributed by atoms with Gasteiger partial charge in [0.25, 0.3) is 0 Å². The third-order valence-corrected chi connectivity index (χ3v) is 5.33. The minimum Gasteiger partial charge on any atom is -0.362 e. The fourth-order valence-electron chi connectivity index (χ4n) is 4.24. The Balaban J connectivity index is 1.81. The highest BCUT2D eigenvalue weighted by Crippen LogP contribution is 2.30. The van der Waals surface area contributed by atoms with Crippen LogP contribution in [0.25, 0.3) is 11.4 Å². The van der Waals surface area contributed by atoms with Crippen LogP contribution in [-0.4, -0.2) is 41.4 Å². The number of nitrogens with zero attached hydrogens (tertiary/aromatic N) is 4. The van der Waals surface area contributed by atoms with Crippen molar-refractivity contribution < 1.29 is 4.79 Å². The lowest BCUT2D eigenvalue weighted by molar-refractivity contribution is -0.133. The van der Waals surface area contributed by atoms with Crippen LogP contribution in [0.1, 0.15) is 51.8 Å². The monoisotopic (exact) mass is 394 g/mol. The molecule has 156 valence electrons. The second-order valence-electron chi connectivity index (χ2n) is 9.70. The fraction of sp³-hybridized carbons (Fsp3) is 0.542.